The van der Waals surface area contributed by atoms with E-state index >= 15 is 0 Å². The fourth-order valence-electron chi connectivity index (χ4n) is 2.14. The van der Waals surface area contributed by atoms with Gasteiger partial charge in [0.15, 0.2) is 5.03 Å². The first-order valence-electron chi connectivity index (χ1n) is 5.73. The number of hydrogen-bond donors (Lipinski definition) is 1. The van der Waals surface area contributed by atoms with Gasteiger partial charge in [0, 0.05) is 14.1 Å². The molecule has 1 aromatic rings. The smallest absolute Gasteiger partial charge is 0.310 e. The molecule has 2 heterocycles. The van der Waals surface area contributed by atoms with Crippen LogP contribution in [-0.4, -0.2) is 59.9 Å². The zero-order valence-corrected chi connectivity index (χ0v) is 12.4. The number of likely N-dealkylation sites (N-methyl/N-ethyl adjacent to an activating group) is 1. The second-order valence-corrected chi connectivity index (χ2v) is 6.81. The molecule has 1 N–H and O–H groups in total. The number of sulfonamides is 1. The van der Waals surface area contributed by atoms with E-state index in [0.29, 0.717) is 0 Å². The summed E-state index contributed by atoms with van der Waals surface area (Å²) in [6, 6.07) is -0.775. The van der Waals surface area contributed by atoms with Crippen molar-refractivity contribution < 1.29 is 23.1 Å². The maximum Gasteiger partial charge on any atom is 0.310 e. The standard InChI is InChI=1S/C10H14ClN3O5S/c1-13-9(7(11)3-12-13)20(17,18)14(2)8-5-19-4-6(8)10(15)16/h3,6,8H,4-5H2,1-2H3,(H,15,16). The highest BCUT2D eigenvalue weighted by molar-refractivity contribution is 7.89. The lowest BCUT2D eigenvalue weighted by atomic mass is 10.1. The Kier molecular flexibility index (Phi) is 4.05. The number of hydrogen-bond acceptors (Lipinski definition) is 5. The number of aromatic nitrogens is 2. The summed E-state index contributed by atoms with van der Waals surface area (Å²) < 4.78 is 32.3. The number of halogens is 1. The summed E-state index contributed by atoms with van der Waals surface area (Å²) in [5.41, 5.74) is 0. The van der Waals surface area contributed by atoms with Crippen LogP contribution in [0.4, 0.5) is 0 Å². The minimum atomic E-state index is -3.95. The third-order valence-corrected chi connectivity index (χ3v) is 5.69. The number of carboxylic acid groups (broad SMARTS) is 1. The van der Waals surface area contributed by atoms with Crippen molar-refractivity contribution in [3.63, 3.8) is 0 Å². The normalized spacial score (nSPS) is 23.4. The fourth-order valence-corrected chi connectivity index (χ4v) is 4.12. The average molecular weight is 324 g/mol. The van der Waals surface area contributed by atoms with Crippen molar-refractivity contribution in [1.82, 2.24) is 14.1 Å². The Bertz CT molecular complexity index is 609. The highest BCUT2D eigenvalue weighted by Gasteiger charge is 2.42. The summed E-state index contributed by atoms with van der Waals surface area (Å²) in [5, 5.41) is 12.7. The predicted octanol–water partition coefficient (Wildman–Crippen LogP) is -0.206. The van der Waals surface area contributed by atoms with Crippen LogP contribution in [0.2, 0.25) is 5.02 Å². The van der Waals surface area contributed by atoms with Crippen LogP contribution in [0, 0.1) is 5.92 Å². The topological polar surface area (TPSA) is 102 Å². The zero-order valence-electron chi connectivity index (χ0n) is 10.9. The average Bonchev–Trinajstić information content (AvgIpc) is 2.95. The van der Waals surface area contributed by atoms with Crippen molar-refractivity contribution in [3.05, 3.63) is 11.2 Å². The van der Waals surface area contributed by atoms with Gasteiger partial charge in [-0.2, -0.15) is 9.40 Å². The minimum absolute atomic E-state index is 0.00913. The SMILES string of the molecule is CN(C1COCC1C(=O)O)S(=O)(=O)c1c(Cl)cnn1C. The summed E-state index contributed by atoms with van der Waals surface area (Å²) in [5.74, 6) is -1.99. The van der Waals surface area contributed by atoms with E-state index in [0.717, 1.165) is 8.99 Å². The molecule has 1 aromatic heterocycles. The molecule has 0 aromatic carbocycles. The summed E-state index contributed by atoms with van der Waals surface area (Å²) in [4.78, 5) is 11.1. The molecule has 0 radical (unpaired) electrons. The van der Waals surface area contributed by atoms with Crippen LogP contribution in [-0.2, 0) is 26.6 Å². The third-order valence-electron chi connectivity index (χ3n) is 3.30. The van der Waals surface area contributed by atoms with E-state index in [4.69, 9.17) is 21.4 Å². The van der Waals surface area contributed by atoms with E-state index in [9.17, 15) is 13.2 Å². The molecule has 2 rings (SSSR count). The number of ether oxygens (including phenoxy) is 1. The van der Waals surface area contributed by atoms with Gasteiger partial charge in [0.25, 0.3) is 10.0 Å². The number of nitrogens with zero attached hydrogens (tertiary/aromatic N) is 3. The van der Waals surface area contributed by atoms with Crippen molar-refractivity contribution in [2.24, 2.45) is 13.0 Å². The molecule has 0 saturated carbocycles. The lowest BCUT2D eigenvalue weighted by Crippen LogP contribution is -2.44. The fraction of sp³-hybridized carbons (Fsp3) is 0.600. The van der Waals surface area contributed by atoms with Crippen molar-refractivity contribution in [2.75, 3.05) is 20.3 Å². The van der Waals surface area contributed by atoms with E-state index in [1.54, 1.807) is 0 Å². The van der Waals surface area contributed by atoms with Gasteiger partial charge in [0.1, 0.15) is 0 Å². The summed E-state index contributed by atoms with van der Waals surface area (Å²) in [6.45, 7) is 0.0150. The van der Waals surface area contributed by atoms with Crippen LogP contribution >= 0.6 is 11.6 Å². The van der Waals surface area contributed by atoms with Crippen molar-refractivity contribution in [3.8, 4) is 0 Å². The lowest BCUT2D eigenvalue weighted by Gasteiger charge is -2.25. The molecule has 1 aliphatic heterocycles. The summed E-state index contributed by atoms with van der Waals surface area (Å²) >= 11 is 5.84. The van der Waals surface area contributed by atoms with Crippen LogP contribution in [0.5, 0.6) is 0 Å². The highest BCUT2D eigenvalue weighted by atomic mass is 35.5. The van der Waals surface area contributed by atoms with Crippen molar-refractivity contribution in [1.29, 1.82) is 0 Å². The molecule has 1 fully saturated rings. The number of aryl methyl sites for hydroxylation is 1. The van der Waals surface area contributed by atoms with E-state index in [1.807, 2.05) is 0 Å². The predicted molar refractivity (Wildman–Crippen MR) is 68.9 cm³/mol. The molecular weight excluding hydrogens is 310 g/mol. The van der Waals surface area contributed by atoms with E-state index in [-0.39, 0.29) is 23.3 Å². The quantitative estimate of drug-likeness (QED) is 0.823. The molecular formula is C10H14ClN3O5S. The molecule has 1 saturated heterocycles. The van der Waals surface area contributed by atoms with Gasteiger partial charge in [-0.05, 0) is 0 Å². The van der Waals surface area contributed by atoms with Crippen LogP contribution in [0.15, 0.2) is 11.2 Å². The highest BCUT2D eigenvalue weighted by Crippen LogP contribution is 2.28. The Morgan fingerprint density at radius 1 is 1.60 bits per heavy atom. The monoisotopic (exact) mass is 323 g/mol. The van der Waals surface area contributed by atoms with Gasteiger partial charge in [-0.3, -0.25) is 9.48 Å². The van der Waals surface area contributed by atoms with Crippen LogP contribution in [0.3, 0.4) is 0 Å². The Morgan fingerprint density at radius 2 is 2.25 bits per heavy atom. The van der Waals surface area contributed by atoms with E-state index in [2.05, 4.69) is 5.10 Å². The maximum atomic E-state index is 12.5. The van der Waals surface area contributed by atoms with Gasteiger partial charge in [-0.25, -0.2) is 8.42 Å². The first-order chi connectivity index (χ1) is 9.26. The van der Waals surface area contributed by atoms with Crippen molar-refractivity contribution >= 4 is 27.6 Å². The van der Waals surface area contributed by atoms with E-state index < -0.39 is 28.0 Å². The van der Waals surface area contributed by atoms with Gasteiger partial charge in [0.2, 0.25) is 0 Å². The van der Waals surface area contributed by atoms with Gasteiger partial charge >= 0.3 is 5.97 Å². The van der Waals surface area contributed by atoms with Crippen LogP contribution < -0.4 is 0 Å². The Labute approximate surface area is 120 Å². The molecule has 8 nitrogen and oxygen atoms in total. The molecule has 0 amide bonds. The second kappa shape index (κ2) is 5.32. The molecule has 0 aliphatic carbocycles. The molecule has 2 atom stereocenters. The molecule has 20 heavy (non-hydrogen) atoms. The van der Waals surface area contributed by atoms with E-state index in [1.165, 1.54) is 20.3 Å². The minimum Gasteiger partial charge on any atom is -0.481 e. The van der Waals surface area contributed by atoms with Crippen LogP contribution in [0.25, 0.3) is 0 Å². The third kappa shape index (κ3) is 2.41. The van der Waals surface area contributed by atoms with Gasteiger partial charge in [-0.1, -0.05) is 11.6 Å². The first kappa shape index (κ1) is 15.2. The molecule has 0 spiro atoms. The molecule has 112 valence electrons. The van der Waals surface area contributed by atoms with Gasteiger partial charge in [-0.15, -0.1) is 0 Å². The lowest BCUT2D eigenvalue weighted by molar-refractivity contribution is -0.142. The molecule has 1 aliphatic rings. The summed E-state index contributed by atoms with van der Waals surface area (Å²) in [7, 11) is -1.18. The molecule has 10 heteroatoms. The number of carbonyl (C=O) groups is 1. The van der Waals surface area contributed by atoms with Gasteiger partial charge in [0.05, 0.1) is 36.4 Å². The second-order valence-electron chi connectivity index (χ2n) is 4.49. The largest absolute Gasteiger partial charge is 0.481 e. The number of aliphatic carboxylic acids is 1. The summed E-state index contributed by atoms with van der Waals surface area (Å²) in [6.07, 6.45) is 1.22. The number of rotatable bonds is 4. The number of carboxylic acids is 1. The zero-order chi connectivity index (χ0) is 15.1. The van der Waals surface area contributed by atoms with Gasteiger partial charge < -0.3 is 9.84 Å². The van der Waals surface area contributed by atoms with Crippen molar-refractivity contribution in [2.45, 2.75) is 11.1 Å². The Balaban J connectivity index is 2.37. The van der Waals surface area contributed by atoms with Crippen LogP contribution in [0.1, 0.15) is 0 Å². The maximum absolute atomic E-state index is 12.5. The Morgan fingerprint density at radius 3 is 2.75 bits per heavy atom. The first-order valence-corrected chi connectivity index (χ1v) is 7.54. The Hall–Kier alpha value is -1.16. The molecule has 0 bridgehead atoms. The molecule has 2 unspecified atom stereocenters.